The van der Waals surface area contributed by atoms with E-state index in [1.807, 2.05) is 59.3 Å². The van der Waals surface area contributed by atoms with E-state index in [0.717, 1.165) is 59.6 Å². The Bertz CT molecular complexity index is 1350. The Morgan fingerprint density at radius 3 is 2.59 bits per heavy atom. The Morgan fingerprint density at radius 1 is 1.06 bits per heavy atom. The van der Waals surface area contributed by atoms with Crippen LogP contribution in [0.25, 0.3) is 33.4 Å². The Kier molecular flexibility index (Phi) is 4.10. The number of carbonyl (C=O) groups is 1. The molecule has 2 aromatic carbocycles. The monoisotopic (exact) mass is 424 g/mol. The fraction of sp³-hybridized carbons (Fsp3) is 0.240. The van der Waals surface area contributed by atoms with Gasteiger partial charge in [-0.15, -0.1) is 0 Å². The Labute approximate surface area is 185 Å². The third kappa shape index (κ3) is 2.81. The zero-order valence-corrected chi connectivity index (χ0v) is 17.9. The van der Waals surface area contributed by atoms with Gasteiger partial charge in [-0.05, 0) is 25.6 Å². The first-order valence-corrected chi connectivity index (χ1v) is 10.9. The Morgan fingerprint density at radius 2 is 1.84 bits per heavy atom. The molecule has 0 saturated carbocycles. The van der Waals surface area contributed by atoms with Crippen molar-refractivity contribution in [3.8, 4) is 22.5 Å². The van der Waals surface area contributed by atoms with Crippen LogP contribution >= 0.6 is 0 Å². The summed E-state index contributed by atoms with van der Waals surface area (Å²) in [4.78, 5) is 19.7. The van der Waals surface area contributed by atoms with E-state index in [1.165, 1.54) is 0 Å². The number of amides is 1. The van der Waals surface area contributed by atoms with Gasteiger partial charge < -0.3 is 16.0 Å². The summed E-state index contributed by atoms with van der Waals surface area (Å²) in [5, 5.41) is 9.35. The van der Waals surface area contributed by atoms with Crippen LogP contribution in [0, 0.1) is 0 Å². The first kappa shape index (κ1) is 19.0. The van der Waals surface area contributed by atoms with Crippen LogP contribution in [0.5, 0.6) is 0 Å². The lowest BCUT2D eigenvalue weighted by atomic mass is 9.85. The quantitative estimate of drug-likeness (QED) is 0.527. The highest BCUT2D eigenvalue weighted by atomic mass is 16.1. The van der Waals surface area contributed by atoms with Crippen LogP contribution in [0.3, 0.4) is 0 Å². The number of carbonyl (C=O) groups excluding carboxylic acids is 1. The van der Waals surface area contributed by atoms with Crippen LogP contribution < -0.4 is 11.1 Å². The van der Waals surface area contributed by atoms with Gasteiger partial charge in [0.25, 0.3) is 5.91 Å². The average Bonchev–Trinajstić information content (AvgIpc) is 3.19. The summed E-state index contributed by atoms with van der Waals surface area (Å²) in [5.74, 6) is 0.266. The summed E-state index contributed by atoms with van der Waals surface area (Å²) in [6.45, 7) is 2.64. The number of anilines is 1. The molecule has 2 aliphatic rings. The molecule has 0 aliphatic carbocycles. The third-order valence-corrected chi connectivity index (χ3v) is 6.63. The molecule has 32 heavy (non-hydrogen) atoms. The fourth-order valence-electron chi connectivity index (χ4n) is 5.16. The highest BCUT2D eigenvalue weighted by molar-refractivity contribution is 6.04. The number of pyridine rings is 1. The van der Waals surface area contributed by atoms with E-state index in [0.29, 0.717) is 11.3 Å². The topological polar surface area (TPSA) is 89.1 Å². The number of nitrogens with zero attached hydrogens (tertiary/aromatic N) is 4. The van der Waals surface area contributed by atoms with E-state index in [-0.39, 0.29) is 5.54 Å². The Balaban J connectivity index is 1.50. The van der Waals surface area contributed by atoms with Crippen molar-refractivity contribution in [1.29, 1.82) is 0 Å². The van der Waals surface area contributed by atoms with Gasteiger partial charge in [0.1, 0.15) is 17.1 Å². The van der Waals surface area contributed by atoms with E-state index in [2.05, 4.69) is 23.3 Å². The second kappa shape index (κ2) is 6.90. The summed E-state index contributed by atoms with van der Waals surface area (Å²) in [7, 11) is 2.10. The first-order chi connectivity index (χ1) is 15.5. The smallest absolute Gasteiger partial charge is 0.254 e. The third-order valence-electron chi connectivity index (χ3n) is 6.63. The molecule has 1 saturated heterocycles. The summed E-state index contributed by atoms with van der Waals surface area (Å²) in [6, 6.07) is 20.2. The zero-order valence-electron chi connectivity index (χ0n) is 17.9. The van der Waals surface area contributed by atoms with Crippen molar-refractivity contribution in [3.63, 3.8) is 0 Å². The number of primary amides is 1. The van der Waals surface area contributed by atoms with Crippen molar-refractivity contribution in [2.24, 2.45) is 5.73 Å². The average molecular weight is 425 g/mol. The predicted octanol–water partition coefficient (Wildman–Crippen LogP) is 3.32. The molecular formula is C25H24N6O. The summed E-state index contributed by atoms with van der Waals surface area (Å²) in [5.41, 5.74) is 10.5. The number of nitrogens with one attached hydrogen (secondary N) is 1. The maximum Gasteiger partial charge on any atom is 0.254 e. The minimum atomic E-state index is -0.468. The van der Waals surface area contributed by atoms with Crippen LogP contribution in [-0.2, 0) is 5.54 Å². The normalized spacial score (nSPS) is 17.0. The van der Waals surface area contributed by atoms with E-state index in [1.54, 1.807) is 0 Å². The summed E-state index contributed by atoms with van der Waals surface area (Å²) in [6.07, 6.45) is 0.976. The van der Waals surface area contributed by atoms with Gasteiger partial charge in [-0.25, -0.2) is 9.67 Å². The van der Waals surface area contributed by atoms with E-state index >= 15 is 0 Å². The van der Waals surface area contributed by atoms with Crippen LogP contribution in [-0.4, -0.2) is 52.3 Å². The predicted molar refractivity (Wildman–Crippen MR) is 125 cm³/mol. The lowest BCUT2D eigenvalue weighted by Gasteiger charge is -2.51. The van der Waals surface area contributed by atoms with Crippen molar-refractivity contribution in [3.05, 3.63) is 66.2 Å². The molecule has 0 bridgehead atoms. The molecule has 160 valence electrons. The number of hydrogen-bond acceptors (Lipinski definition) is 5. The van der Waals surface area contributed by atoms with Crippen LogP contribution in [0.2, 0.25) is 0 Å². The van der Waals surface area contributed by atoms with Crippen LogP contribution in [0.15, 0.2) is 60.7 Å². The van der Waals surface area contributed by atoms with Gasteiger partial charge in [0.15, 0.2) is 0 Å². The van der Waals surface area contributed by atoms with Crippen LogP contribution in [0.4, 0.5) is 5.82 Å². The lowest BCUT2D eigenvalue weighted by Crippen LogP contribution is -2.63. The van der Waals surface area contributed by atoms with E-state index < -0.39 is 5.91 Å². The zero-order chi connectivity index (χ0) is 21.9. The molecule has 0 radical (unpaired) electrons. The van der Waals surface area contributed by atoms with E-state index in [4.69, 9.17) is 15.8 Å². The standard InChI is InChI=1S/C25H24N6O/c1-30-14-25(15-30)11-12-27-24-21(23(26)32)22(29-31(24)25)18-8-7-17-9-10-19(28-20(17)13-18)16-5-3-2-4-6-16/h2-10,13,27H,11-12,14-15H2,1H3,(H2,26,32). The number of likely N-dealkylation sites (N-methyl/N-ethyl adjacent to an activating group) is 1. The van der Waals surface area contributed by atoms with Gasteiger partial charge in [-0.2, -0.15) is 5.10 Å². The molecule has 7 heteroatoms. The Hall–Kier alpha value is -3.71. The second-order valence-corrected chi connectivity index (χ2v) is 8.89. The molecular weight excluding hydrogens is 400 g/mol. The molecule has 1 spiro atoms. The molecule has 0 unspecified atom stereocenters. The van der Waals surface area contributed by atoms with Gasteiger partial charge in [-0.3, -0.25) is 4.79 Å². The minimum Gasteiger partial charge on any atom is -0.369 e. The maximum absolute atomic E-state index is 12.5. The molecule has 2 aromatic heterocycles. The molecule has 1 amide bonds. The molecule has 4 heterocycles. The number of benzene rings is 2. The highest BCUT2D eigenvalue weighted by Crippen LogP contribution is 2.41. The number of likely N-dealkylation sites (tertiary alicyclic amines) is 1. The molecule has 7 nitrogen and oxygen atoms in total. The van der Waals surface area contributed by atoms with E-state index in [9.17, 15) is 4.79 Å². The minimum absolute atomic E-state index is 0.0760. The molecule has 2 aliphatic heterocycles. The second-order valence-electron chi connectivity index (χ2n) is 8.89. The van der Waals surface area contributed by atoms with Gasteiger partial charge in [0.2, 0.25) is 0 Å². The SMILES string of the molecule is CN1CC2(CCNc3c(C(N)=O)c(-c4ccc5ccc(-c6ccccc6)nc5c4)nn32)C1. The largest absolute Gasteiger partial charge is 0.369 e. The van der Waals surface area contributed by atoms with Crippen molar-refractivity contribution >= 4 is 22.6 Å². The highest BCUT2D eigenvalue weighted by Gasteiger charge is 2.47. The van der Waals surface area contributed by atoms with Gasteiger partial charge >= 0.3 is 0 Å². The maximum atomic E-state index is 12.5. The molecule has 0 atom stereocenters. The van der Waals surface area contributed by atoms with Crippen molar-refractivity contribution in [1.82, 2.24) is 19.7 Å². The summed E-state index contributed by atoms with van der Waals surface area (Å²) < 4.78 is 2.00. The fourth-order valence-corrected chi connectivity index (χ4v) is 5.16. The molecule has 6 rings (SSSR count). The number of aromatic nitrogens is 3. The van der Waals surface area contributed by atoms with Gasteiger partial charge in [0, 0.05) is 36.1 Å². The first-order valence-electron chi connectivity index (χ1n) is 10.9. The molecule has 1 fully saturated rings. The molecule has 3 N–H and O–H groups in total. The van der Waals surface area contributed by atoms with Crippen molar-refractivity contribution in [2.45, 2.75) is 12.0 Å². The van der Waals surface area contributed by atoms with Crippen molar-refractivity contribution < 1.29 is 4.79 Å². The number of nitrogens with two attached hydrogens (primary N) is 1. The summed E-state index contributed by atoms with van der Waals surface area (Å²) >= 11 is 0. The number of rotatable bonds is 3. The number of fused-ring (bicyclic) bond motifs is 3. The molecule has 4 aromatic rings. The van der Waals surface area contributed by atoms with Gasteiger partial charge in [0.05, 0.1) is 16.7 Å². The lowest BCUT2D eigenvalue weighted by molar-refractivity contribution is 0.0153. The van der Waals surface area contributed by atoms with Crippen molar-refractivity contribution in [2.75, 3.05) is 32.0 Å². The number of hydrogen-bond donors (Lipinski definition) is 2. The van der Waals surface area contributed by atoms with Gasteiger partial charge in [-0.1, -0.05) is 48.5 Å². The van der Waals surface area contributed by atoms with Crippen LogP contribution in [0.1, 0.15) is 16.8 Å².